The van der Waals surface area contributed by atoms with E-state index in [0.29, 0.717) is 18.4 Å². The Hall–Kier alpha value is -1.58. The molecule has 0 aromatic carbocycles. The van der Waals surface area contributed by atoms with Crippen LogP contribution in [0.3, 0.4) is 0 Å². The smallest absolute Gasteiger partial charge is 0.303 e. The Kier molecular flexibility index (Phi) is 2.84. The van der Waals surface area contributed by atoms with Gasteiger partial charge in [-0.15, -0.1) is 0 Å². The van der Waals surface area contributed by atoms with Crippen molar-refractivity contribution in [2.45, 2.75) is 19.8 Å². The van der Waals surface area contributed by atoms with Crippen LogP contribution >= 0.6 is 0 Å². The molecule has 0 amide bonds. The minimum Gasteiger partial charge on any atom is -0.481 e. The first kappa shape index (κ1) is 9.51. The lowest BCUT2D eigenvalue weighted by Gasteiger charge is -1.97. The molecule has 4 heteroatoms. The fraction of sp³-hybridized carbons (Fsp3) is 0.333. The average Bonchev–Trinajstić information content (AvgIpc) is 2.43. The van der Waals surface area contributed by atoms with E-state index in [2.05, 4.69) is 4.98 Å². The molecular weight excluding hydrogens is 170 g/mol. The van der Waals surface area contributed by atoms with Crippen molar-refractivity contribution in [1.29, 1.82) is 0 Å². The quantitative estimate of drug-likeness (QED) is 0.684. The van der Waals surface area contributed by atoms with Gasteiger partial charge in [-0.2, -0.15) is 0 Å². The summed E-state index contributed by atoms with van der Waals surface area (Å²) in [5.41, 5.74) is 2.22. The summed E-state index contributed by atoms with van der Waals surface area (Å²) in [6.45, 7) is 1.85. The van der Waals surface area contributed by atoms with Crippen LogP contribution in [-0.2, 0) is 11.2 Å². The first-order valence-electron chi connectivity index (χ1n) is 3.99. The van der Waals surface area contributed by atoms with Crippen molar-refractivity contribution >= 4 is 12.3 Å². The molecule has 2 N–H and O–H groups in total. The maximum atomic E-state index is 10.5. The number of nitrogens with one attached hydrogen (secondary N) is 1. The van der Waals surface area contributed by atoms with Gasteiger partial charge in [-0.1, -0.05) is 0 Å². The molecule has 4 nitrogen and oxygen atoms in total. The topological polar surface area (TPSA) is 70.2 Å². The van der Waals surface area contributed by atoms with Crippen molar-refractivity contribution < 1.29 is 14.7 Å². The van der Waals surface area contributed by atoms with Crippen molar-refractivity contribution in [3.63, 3.8) is 0 Å². The van der Waals surface area contributed by atoms with Crippen LogP contribution in [0.25, 0.3) is 0 Å². The van der Waals surface area contributed by atoms with Gasteiger partial charge in [-0.25, -0.2) is 0 Å². The molecule has 0 unspecified atom stereocenters. The average molecular weight is 181 g/mol. The number of aryl methyl sites for hydroxylation is 1. The molecule has 0 saturated heterocycles. The van der Waals surface area contributed by atoms with E-state index in [9.17, 15) is 9.59 Å². The van der Waals surface area contributed by atoms with E-state index < -0.39 is 5.97 Å². The van der Waals surface area contributed by atoms with Gasteiger partial charge >= 0.3 is 5.97 Å². The maximum Gasteiger partial charge on any atom is 0.303 e. The van der Waals surface area contributed by atoms with E-state index in [1.54, 1.807) is 6.20 Å². The minimum absolute atomic E-state index is 0.0551. The molecule has 0 spiro atoms. The molecule has 13 heavy (non-hydrogen) atoms. The van der Waals surface area contributed by atoms with Gasteiger partial charge < -0.3 is 10.1 Å². The summed E-state index contributed by atoms with van der Waals surface area (Å²) in [6, 6.07) is 0. The molecule has 1 aromatic heterocycles. The normalized spacial score (nSPS) is 9.92. The van der Waals surface area contributed by atoms with Crippen molar-refractivity contribution in [3.8, 4) is 0 Å². The molecule has 1 aromatic rings. The highest BCUT2D eigenvalue weighted by Crippen LogP contribution is 2.13. The summed E-state index contributed by atoms with van der Waals surface area (Å²) in [4.78, 5) is 23.6. The Balaban J connectivity index is 2.79. The largest absolute Gasteiger partial charge is 0.481 e. The number of carbonyl (C=O) groups is 2. The van der Waals surface area contributed by atoms with Crippen molar-refractivity contribution in [2.75, 3.05) is 0 Å². The number of aldehydes is 1. The van der Waals surface area contributed by atoms with Gasteiger partial charge in [0, 0.05) is 12.6 Å². The van der Waals surface area contributed by atoms with Crippen LogP contribution in [0.1, 0.15) is 28.0 Å². The molecule has 0 aliphatic carbocycles. The third-order valence-electron chi connectivity index (χ3n) is 1.95. The van der Waals surface area contributed by atoms with Crippen LogP contribution < -0.4 is 0 Å². The molecule has 0 bridgehead atoms. The summed E-state index contributed by atoms with van der Waals surface area (Å²) in [5, 5.41) is 8.47. The number of carboxylic acid groups (broad SMARTS) is 1. The van der Waals surface area contributed by atoms with E-state index in [1.807, 2.05) is 6.92 Å². The van der Waals surface area contributed by atoms with Gasteiger partial charge in [0.1, 0.15) is 0 Å². The third kappa shape index (κ3) is 2.18. The fourth-order valence-electron chi connectivity index (χ4n) is 1.24. The van der Waals surface area contributed by atoms with Gasteiger partial charge in [0.05, 0.1) is 5.69 Å². The number of hydrogen-bond donors (Lipinski definition) is 2. The number of hydrogen-bond acceptors (Lipinski definition) is 2. The lowest BCUT2D eigenvalue weighted by Crippen LogP contribution is -1.99. The first-order chi connectivity index (χ1) is 6.15. The van der Waals surface area contributed by atoms with E-state index in [4.69, 9.17) is 5.11 Å². The van der Waals surface area contributed by atoms with Gasteiger partial charge in [-0.3, -0.25) is 9.59 Å². The molecule has 0 saturated carbocycles. The van der Waals surface area contributed by atoms with E-state index in [0.717, 1.165) is 11.1 Å². The van der Waals surface area contributed by atoms with Crippen LogP contribution in [0.5, 0.6) is 0 Å². The van der Waals surface area contributed by atoms with E-state index >= 15 is 0 Å². The molecule has 0 fully saturated rings. The van der Waals surface area contributed by atoms with Gasteiger partial charge in [-0.05, 0) is 24.5 Å². The molecule has 0 aliphatic heterocycles. The molecule has 70 valence electrons. The Morgan fingerprint density at radius 1 is 1.69 bits per heavy atom. The number of carboxylic acids is 1. The zero-order chi connectivity index (χ0) is 9.84. The highest BCUT2D eigenvalue weighted by atomic mass is 16.4. The monoisotopic (exact) mass is 181 g/mol. The van der Waals surface area contributed by atoms with Gasteiger partial charge in [0.15, 0.2) is 6.29 Å². The van der Waals surface area contributed by atoms with Crippen LogP contribution in [0.4, 0.5) is 0 Å². The van der Waals surface area contributed by atoms with Crippen LogP contribution in [0.2, 0.25) is 0 Å². The molecule has 1 rings (SSSR count). The number of rotatable bonds is 4. The lowest BCUT2D eigenvalue weighted by molar-refractivity contribution is -0.136. The second kappa shape index (κ2) is 3.89. The van der Waals surface area contributed by atoms with E-state index in [-0.39, 0.29) is 6.42 Å². The summed E-state index contributed by atoms with van der Waals surface area (Å²) < 4.78 is 0. The SMILES string of the molecule is Cc1c[nH]c(C=O)c1CCC(=O)O. The van der Waals surface area contributed by atoms with Crippen molar-refractivity contribution in [1.82, 2.24) is 4.98 Å². The zero-order valence-electron chi connectivity index (χ0n) is 7.33. The summed E-state index contributed by atoms with van der Waals surface area (Å²) >= 11 is 0. The summed E-state index contributed by atoms with van der Waals surface area (Å²) in [7, 11) is 0. The van der Waals surface area contributed by atoms with Crippen LogP contribution in [0, 0.1) is 6.92 Å². The molecule has 0 atom stereocenters. The van der Waals surface area contributed by atoms with Crippen molar-refractivity contribution in [2.24, 2.45) is 0 Å². The first-order valence-corrected chi connectivity index (χ1v) is 3.99. The third-order valence-corrected chi connectivity index (χ3v) is 1.95. The number of aromatic amines is 1. The van der Waals surface area contributed by atoms with Gasteiger partial charge in [0.25, 0.3) is 0 Å². The molecular formula is C9H11NO3. The Labute approximate surface area is 75.6 Å². The predicted molar refractivity (Wildman–Crippen MR) is 46.9 cm³/mol. The Morgan fingerprint density at radius 2 is 2.38 bits per heavy atom. The molecule has 1 heterocycles. The second-order valence-electron chi connectivity index (χ2n) is 2.88. The lowest BCUT2D eigenvalue weighted by atomic mass is 10.1. The fourth-order valence-corrected chi connectivity index (χ4v) is 1.24. The highest BCUT2D eigenvalue weighted by molar-refractivity contribution is 5.76. The predicted octanol–water partition coefficient (Wildman–Crippen LogP) is 1.15. The summed E-state index contributed by atoms with van der Waals surface area (Å²) in [6.07, 6.45) is 2.88. The minimum atomic E-state index is -0.850. The van der Waals surface area contributed by atoms with E-state index in [1.165, 1.54) is 0 Å². The number of aliphatic carboxylic acids is 1. The van der Waals surface area contributed by atoms with Crippen molar-refractivity contribution in [3.05, 3.63) is 23.0 Å². The highest BCUT2D eigenvalue weighted by Gasteiger charge is 2.08. The standard InChI is InChI=1S/C9H11NO3/c1-6-4-10-8(5-11)7(6)2-3-9(12)13/h4-5,10H,2-3H2,1H3,(H,12,13). The second-order valence-corrected chi connectivity index (χ2v) is 2.88. The zero-order valence-corrected chi connectivity index (χ0v) is 7.33. The van der Waals surface area contributed by atoms with Crippen LogP contribution in [0.15, 0.2) is 6.20 Å². The number of H-pyrrole nitrogens is 1. The van der Waals surface area contributed by atoms with Gasteiger partial charge in [0.2, 0.25) is 0 Å². The Bertz CT molecular complexity index is 328. The number of aromatic nitrogens is 1. The Morgan fingerprint density at radius 3 is 2.92 bits per heavy atom. The summed E-state index contributed by atoms with van der Waals surface area (Å²) in [5.74, 6) is -0.850. The maximum absolute atomic E-state index is 10.5. The van der Waals surface area contributed by atoms with Crippen LogP contribution in [-0.4, -0.2) is 22.3 Å². The molecule has 0 aliphatic rings. The number of carbonyl (C=O) groups excluding carboxylic acids is 1. The molecule has 0 radical (unpaired) electrons.